The summed E-state index contributed by atoms with van der Waals surface area (Å²) in [5, 5.41) is 44.8. The third kappa shape index (κ3) is 32.2. The quantitative estimate of drug-likeness (QED) is 0.0194. The molecule has 0 aromatic carbocycles. The lowest BCUT2D eigenvalue weighted by molar-refractivity contribution is -0.298. The molecule has 1 aliphatic heterocycles. The van der Waals surface area contributed by atoms with Gasteiger partial charge in [-0.25, -0.2) is 4.18 Å². The van der Waals surface area contributed by atoms with Crippen LogP contribution in [0.2, 0.25) is 0 Å². The van der Waals surface area contributed by atoms with Gasteiger partial charge in [0.25, 0.3) is 0 Å². The number of aliphatic hydroxyl groups is 4. The van der Waals surface area contributed by atoms with Crippen LogP contribution in [0.25, 0.3) is 0 Å². The Labute approximate surface area is 372 Å². The van der Waals surface area contributed by atoms with Gasteiger partial charge in [0, 0.05) is 6.42 Å². The van der Waals surface area contributed by atoms with Crippen molar-refractivity contribution in [2.45, 2.75) is 275 Å². The molecule has 61 heavy (non-hydrogen) atoms. The summed E-state index contributed by atoms with van der Waals surface area (Å²) in [6.07, 6.45) is 35.4. The van der Waals surface area contributed by atoms with E-state index in [9.17, 15) is 38.2 Å². The molecule has 1 fully saturated rings. The molecule has 1 heterocycles. The fraction of sp³-hybridized carbons (Fsp3) is 0.938. The zero-order chi connectivity index (χ0) is 44.8. The van der Waals surface area contributed by atoms with Gasteiger partial charge in [0.05, 0.1) is 25.4 Å². The molecule has 1 saturated heterocycles. The smallest absolute Gasteiger partial charge is 0.394 e. The number of allylic oxidation sites excluding steroid dienone is 1. The number of hydrogen-bond acceptors (Lipinski definition) is 10. The third-order valence-corrected chi connectivity index (χ3v) is 12.5. The Kier molecular flexibility index (Phi) is 37.2. The van der Waals surface area contributed by atoms with Crippen molar-refractivity contribution < 1.29 is 51.8 Å². The number of nitrogens with one attached hydrogen (secondary N) is 1. The number of hydrogen-bond donors (Lipinski definition) is 6. The average molecular weight is 892 g/mol. The van der Waals surface area contributed by atoms with Crippen molar-refractivity contribution in [3.8, 4) is 0 Å². The Balaban J connectivity index is 2.45. The van der Waals surface area contributed by atoms with Crippen molar-refractivity contribution in [3.05, 3.63) is 12.2 Å². The van der Waals surface area contributed by atoms with Gasteiger partial charge in [0.1, 0.15) is 24.4 Å². The summed E-state index contributed by atoms with van der Waals surface area (Å²) >= 11 is 0. The Morgan fingerprint density at radius 3 is 1.43 bits per heavy atom. The van der Waals surface area contributed by atoms with Crippen molar-refractivity contribution in [2.24, 2.45) is 0 Å². The Hall–Kier alpha value is -1.16. The summed E-state index contributed by atoms with van der Waals surface area (Å²) in [4.78, 5) is 13.0. The van der Waals surface area contributed by atoms with E-state index in [1.807, 2.05) is 6.08 Å². The van der Waals surface area contributed by atoms with Gasteiger partial charge in [-0.15, -0.1) is 0 Å². The van der Waals surface area contributed by atoms with E-state index in [1.54, 1.807) is 6.08 Å². The second kappa shape index (κ2) is 39.2. The molecule has 0 radical (unpaired) electrons. The van der Waals surface area contributed by atoms with Crippen LogP contribution in [0.4, 0.5) is 0 Å². The van der Waals surface area contributed by atoms with E-state index in [2.05, 4.69) is 23.3 Å². The molecule has 1 aliphatic rings. The van der Waals surface area contributed by atoms with Crippen molar-refractivity contribution in [1.82, 2.24) is 5.32 Å². The normalized spacial score (nSPS) is 20.7. The molecule has 0 bridgehead atoms. The molecule has 12 nitrogen and oxygen atoms in total. The van der Waals surface area contributed by atoms with Gasteiger partial charge >= 0.3 is 10.4 Å². The minimum Gasteiger partial charge on any atom is -0.394 e. The number of unbranched alkanes of at least 4 members (excludes halogenated alkanes) is 31. The second-order valence-corrected chi connectivity index (χ2v) is 18.8. The minimum atomic E-state index is -5.08. The summed E-state index contributed by atoms with van der Waals surface area (Å²) in [6.45, 7) is 3.40. The van der Waals surface area contributed by atoms with Gasteiger partial charge in [-0.2, -0.15) is 8.42 Å². The molecule has 1 amide bonds. The fourth-order valence-corrected chi connectivity index (χ4v) is 8.67. The first-order valence-corrected chi connectivity index (χ1v) is 26.4. The van der Waals surface area contributed by atoms with Crippen LogP contribution in [0.3, 0.4) is 0 Å². The van der Waals surface area contributed by atoms with Crippen LogP contribution >= 0.6 is 0 Å². The lowest BCUT2D eigenvalue weighted by Gasteiger charge is -2.41. The molecule has 0 spiro atoms. The topological polar surface area (TPSA) is 192 Å². The zero-order valence-corrected chi connectivity index (χ0v) is 39.6. The van der Waals surface area contributed by atoms with Gasteiger partial charge < -0.3 is 35.2 Å². The maximum absolute atomic E-state index is 13.0. The molecule has 0 aromatic heterocycles. The van der Waals surface area contributed by atoms with Crippen molar-refractivity contribution in [1.29, 1.82) is 0 Å². The van der Waals surface area contributed by atoms with Crippen molar-refractivity contribution >= 4 is 16.3 Å². The van der Waals surface area contributed by atoms with Crippen LogP contribution in [0.15, 0.2) is 12.2 Å². The highest BCUT2D eigenvalue weighted by Gasteiger charge is 2.48. The summed E-state index contributed by atoms with van der Waals surface area (Å²) < 4.78 is 47.6. The number of aliphatic hydroxyl groups excluding tert-OH is 4. The van der Waals surface area contributed by atoms with Crippen LogP contribution in [-0.2, 0) is 28.9 Å². The van der Waals surface area contributed by atoms with Gasteiger partial charge in [-0.05, 0) is 19.3 Å². The largest absolute Gasteiger partial charge is 0.397 e. The van der Waals surface area contributed by atoms with E-state index in [0.717, 1.165) is 38.5 Å². The summed E-state index contributed by atoms with van der Waals surface area (Å²) in [7, 11) is -5.08. The van der Waals surface area contributed by atoms with E-state index in [-0.39, 0.29) is 18.9 Å². The first-order chi connectivity index (χ1) is 29.5. The van der Waals surface area contributed by atoms with E-state index < -0.39 is 59.9 Å². The fourth-order valence-electron chi connectivity index (χ4n) is 8.16. The number of ether oxygens (including phenoxy) is 2. The maximum atomic E-state index is 13.0. The monoisotopic (exact) mass is 892 g/mol. The molecule has 1 rings (SSSR count). The summed E-state index contributed by atoms with van der Waals surface area (Å²) in [5.74, 6) is -0.260. The average Bonchev–Trinajstić information content (AvgIpc) is 3.23. The Morgan fingerprint density at radius 2 is 1.03 bits per heavy atom. The molecule has 362 valence electrons. The summed E-state index contributed by atoms with van der Waals surface area (Å²) in [5.41, 5.74) is 0. The lowest BCUT2D eigenvalue weighted by Crippen LogP contribution is -2.61. The van der Waals surface area contributed by atoms with E-state index in [4.69, 9.17) is 9.47 Å². The molecule has 0 aliphatic carbocycles. The molecule has 7 unspecified atom stereocenters. The Morgan fingerprint density at radius 1 is 0.639 bits per heavy atom. The third-order valence-electron chi connectivity index (χ3n) is 12.1. The van der Waals surface area contributed by atoms with E-state index in [1.165, 1.54) is 167 Å². The van der Waals surface area contributed by atoms with Crippen LogP contribution in [0.1, 0.15) is 232 Å². The molecule has 7 atom stereocenters. The minimum absolute atomic E-state index is 0.260. The van der Waals surface area contributed by atoms with E-state index in [0.29, 0.717) is 6.42 Å². The van der Waals surface area contributed by atoms with E-state index >= 15 is 0 Å². The van der Waals surface area contributed by atoms with Gasteiger partial charge in [-0.3, -0.25) is 9.35 Å². The molecular weight excluding hydrogens is 799 g/mol. The van der Waals surface area contributed by atoms with Gasteiger partial charge in [0.2, 0.25) is 5.91 Å². The highest BCUT2D eigenvalue weighted by atomic mass is 32.3. The zero-order valence-electron chi connectivity index (χ0n) is 38.7. The van der Waals surface area contributed by atoms with Gasteiger partial charge in [0.15, 0.2) is 6.29 Å². The van der Waals surface area contributed by atoms with Crippen LogP contribution in [0.5, 0.6) is 0 Å². The molecule has 0 aromatic rings. The molecule has 13 heteroatoms. The Bertz CT molecular complexity index is 1140. The first-order valence-electron chi connectivity index (χ1n) is 25.1. The van der Waals surface area contributed by atoms with Crippen LogP contribution in [0, 0.1) is 0 Å². The second-order valence-electron chi connectivity index (χ2n) is 17.8. The number of rotatable bonds is 43. The number of carbonyl (C=O) groups excluding carboxylic acids is 1. The molecular formula is C48H93NO11S. The number of amides is 1. The highest BCUT2D eigenvalue weighted by molar-refractivity contribution is 7.80. The van der Waals surface area contributed by atoms with Gasteiger partial charge in [-0.1, -0.05) is 219 Å². The lowest BCUT2D eigenvalue weighted by atomic mass is 9.99. The van der Waals surface area contributed by atoms with Crippen LogP contribution in [-0.4, -0.2) is 95.4 Å². The predicted octanol–water partition coefficient (Wildman–Crippen LogP) is 10.3. The first kappa shape index (κ1) is 57.9. The molecule has 6 N–H and O–H groups in total. The van der Waals surface area contributed by atoms with Crippen molar-refractivity contribution in [3.63, 3.8) is 0 Å². The molecule has 0 saturated carbocycles. The standard InChI is InChI=1S/C48H93NO11S/c1-3-5-7-9-11-13-15-17-18-19-20-21-22-23-24-26-27-29-31-33-35-37-42(51)41(40-58-48-46(54)47(60-61(55,56)57)45(53)43(39-50)59-48)49-44(52)38-36-34-32-30-28-25-16-14-12-10-8-6-4-2/h35,37,41-43,45-48,50-51,53-54H,3-34,36,38-40H2,1-2H3,(H,49,52)(H,55,56,57)/b37-35+. The SMILES string of the molecule is CCCCCCCCCCCCCCCCCCCCC/C=C/C(O)C(COC1OC(CO)C(O)C(OS(=O)(=O)O)C1O)NC(=O)CCCCCCCCCCCCCCC. The predicted molar refractivity (Wildman–Crippen MR) is 246 cm³/mol. The highest BCUT2D eigenvalue weighted by Crippen LogP contribution is 2.26. The summed E-state index contributed by atoms with van der Waals surface area (Å²) in [6, 6.07) is -0.938. The number of carbonyl (C=O) groups is 1. The maximum Gasteiger partial charge on any atom is 0.397 e. The van der Waals surface area contributed by atoms with Crippen molar-refractivity contribution in [2.75, 3.05) is 13.2 Å². The van der Waals surface area contributed by atoms with Crippen LogP contribution < -0.4 is 5.32 Å².